The summed E-state index contributed by atoms with van der Waals surface area (Å²) in [7, 11) is -3.74. The van der Waals surface area contributed by atoms with Crippen LogP contribution >= 0.6 is 0 Å². The van der Waals surface area contributed by atoms with E-state index in [1.165, 1.54) is 0 Å². The lowest BCUT2D eigenvalue weighted by Gasteiger charge is -2.38. The standard InChI is InChI=1S/C18H29NO6S/c1-17(2)11-6-7-18(17)10-26(23,24)19(14(18)8-11)16(22)15(21)13-5-3-4-12(9-20)25-13/h11-15,20-21H,3-10H2,1-2H3/t11-,12-,13+,14-,15-,18-/m1/s1. The van der Waals surface area contributed by atoms with E-state index in [1.54, 1.807) is 0 Å². The Morgan fingerprint density at radius 1 is 1.31 bits per heavy atom. The molecule has 2 aliphatic heterocycles. The Kier molecular flexibility index (Phi) is 4.23. The van der Waals surface area contributed by atoms with Gasteiger partial charge in [-0.1, -0.05) is 13.8 Å². The molecule has 2 aliphatic carbocycles. The van der Waals surface area contributed by atoms with E-state index in [-0.39, 0.29) is 23.8 Å². The molecule has 8 heteroatoms. The predicted octanol–water partition coefficient (Wildman–Crippen LogP) is 0.644. The molecule has 0 radical (unpaired) electrons. The monoisotopic (exact) mass is 387 g/mol. The number of sulfonamides is 1. The average Bonchev–Trinajstić information content (AvgIpc) is 3.08. The molecule has 1 spiro atoms. The number of aliphatic hydroxyl groups excluding tert-OH is 2. The highest BCUT2D eigenvalue weighted by Gasteiger charge is 2.72. The van der Waals surface area contributed by atoms with E-state index in [4.69, 9.17) is 4.74 Å². The number of hydrogen-bond donors (Lipinski definition) is 2. The molecule has 4 aliphatic rings. The second-order valence-corrected chi connectivity index (χ2v) is 11.0. The Bertz CT molecular complexity index is 706. The molecule has 2 heterocycles. The van der Waals surface area contributed by atoms with Gasteiger partial charge in [-0.3, -0.25) is 4.79 Å². The van der Waals surface area contributed by atoms with Gasteiger partial charge in [-0.05, 0) is 49.9 Å². The zero-order valence-electron chi connectivity index (χ0n) is 15.4. The van der Waals surface area contributed by atoms with Crippen LogP contribution in [0, 0.1) is 16.7 Å². The van der Waals surface area contributed by atoms with Crippen molar-refractivity contribution in [3.63, 3.8) is 0 Å². The SMILES string of the molecule is CC1(C)[C@@H]2CC[C@]13CS(=O)(=O)N(C(=O)[C@H](O)[C@@H]1CCC[C@H](CO)O1)[C@@H]3C2. The molecule has 1 amide bonds. The first kappa shape index (κ1) is 18.7. The highest BCUT2D eigenvalue weighted by Crippen LogP contribution is 2.70. The van der Waals surface area contributed by atoms with Crippen LogP contribution in [0.2, 0.25) is 0 Å². The van der Waals surface area contributed by atoms with Gasteiger partial charge in [-0.15, -0.1) is 0 Å². The highest BCUT2D eigenvalue weighted by atomic mass is 32.2. The molecule has 26 heavy (non-hydrogen) atoms. The first-order valence-corrected chi connectivity index (χ1v) is 11.3. The molecular weight excluding hydrogens is 358 g/mol. The van der Waals surface area contributed by atoms with Gasteiger partial charge in [0.1, 0.15) is 0 Å². The Balaban J connectivity index is 1.60. The maximum absolute atomic E-state index is 13.0. The van der Waals surface area contributed by atoms with Gasteiger partial charge < -0.3 is 14.9 Å². The van der Waals surface area contributed by atoms with Crippen molar-refractivity contribution in [2.24, 2.45) is 16.7 Å². The normalized spacial score (nSPS) is 44.1. The molecule has 2 saturated heterocycles. The van der Waals surface area contributed by atoms with Crippen molar-refractivity contribution in [3.8, 4) is 0 Å². The van der Waals surface area contributed by atoms with Crippen LogP contribution in [0.1, 0.15) is 52.4 Å². The maximum atomic E-state index is 13.0. The maximum Gasteiger partial charge on any atom is 0.267 e. The number of fused-ring (bicyclic) bond motifs is 1. The Labute approximate surface area is 154 Å². The summed E-state index contributed by atoms with van der Waals surface area (Å²) >= 11 is 0. The highest BCUT2D eigenvalue weighted by molar-refractivity contribution is 7.90. The van der Waals surface area contributed by atoms with Crippen molar-refractivity contribution < 1.29 is 28.2 Å². The van der Waals surface area contributed by atoms with Crippen LogP contribution in [0.25, 0.3) is 0 Å². The van der Waals surface area contributed by atoms with Gasteiger partial charge in [-0.2, -0.15) is 0 Å². The molecule has 4 rings (SSSR count). The second-order valence-electron chi connectivity index (χ2n) is 9.11. The summed E-state index contributed by atoms with van der Waals surface area (Å²) in [6.45, 7) is 4.09. The van der Waals surface area contributed by atoms with E-state index < -0.39 is 39.7 Å². The molecule has 2 bridgehead atoms. The smallest absolute Gasteiger partial charge is 0.267 e. The summed E-state index contributed by atoms with van der Waals surface area (Å²) in [6.07, 6.45) is 1.75. The number of rotatable bonds is 3. The zero-order valence-corrected chi connectivity index (χ0v) is 16.2. The van der Waals surface area contributed by atoms with Crippen LogP contribution in [-0.2, 0) is 19.6 Å². The number of amides is 1. The van der Waals surface area contributed by atoms with Crippen LogP contribution < -0.4 is 0 Å². The largest absolute Gasteiger partial charge is 0.394 e. The number of hydrogen-bond acceptors (Lipinski definition) is 6. The molecule has 2 saturated carbocycles. The number of ether oxygens (including phenoxy) is 1. The number of carbonyl (C=O) groups is 1. The molecule has 7 nitrogen and oxygen atoms in total. The van der Waals surface area contributed by atoms with Gasteiger partial charge >= 0.3 is 0 Å². The van der Waals surface area contributed by atoms with Gasteiger partial charge in [0, 0.05) is 5.41 Å². The van der Waals surface area contributed by atoms with Gasteiger partial charge in [0.2, 0.25) is 10.0 Å². The molecule has 0 unspecified atom stereocenters. The fourth-order valence-corrected chi connectivity index (χ4v) is 8.72. The average molecular weight is 387 g/mol. The van der Waals surface area contributed by atoms with Crippen LogP contribution in [0.4, 0.5) is 0 Å². The van der Waals surface area contributed by atoms with Gasteiger partial charge in [0.15, 0.2) is 6.10 Å². The van der Waals surface area contributed by atoms with Crippen molar-refractivity contribution in [1.29, 1.82) is 0 Å². The minimum atomic E-state index is -3.74. The molecule has 148 valence electrons. The molecule has 2 N–H and O–H groups in total. The van der Waals surface area contributed by atoms with E-state index in [0.29, 0.717) is 25.2 Å². The van der Waals surface area contributed by atoms with Crippen molar-refractivity contribution in [1.82, 2.24) is 4.31 Å². The van der Waals surface area contributed by atoms with Gasteiger partial charge in [0.05, 0.1) is 30.6 Å². The van der Waals surface area contributed by atoms with Crippen LogP contribution in [0.3, 0.4) is 0 Å². The zero-order chi connectivity index (χ0) is 18.9. The molecule has 0 aromatic rings. The van der Waals surface area contributed by atoms with Crippen LogP contribution in [-0.4, -0.2) is 65.6 Å². The Hall–Kier alpha value is -0.700. The van der Waals surface area contributed by atoms with Crippen molar-refractivity contribution >= 4 is 15.9 Å². The molecule has 0 aromatic heterocycles. The van der Waals surface area contributed by atoms with E-state index >= 15 is 0 Å². The first-order chi connectivity index (χ1) is 12.1. The van der Waals surface area contributed by atoms with E-state index in [2.05, 4.69) is 13.8 Å². The quantitative estimate of drug-likeness (QED) is 0.737. The van der Waals surface area contributed by atoms with Crippen molar-refractivity contribution in [2.45, 2.75) is 76.7 Å². The summed E-state index contributed by atoms with van der Waals surface area (Å²) < 4.78 is 32.4. The third kappa shape index (κ3) is 2.34. The fourth-order valence-electron chi connectivity index (χ4n) is 6.17. The summed E-state index contributed by atoms with van der Waals surface area (Å²) in [5.41, 5.74) is -0.513. The predicted molar refractivity (Wildman–Crippen MR) is 93.6 cm³/mol. The summed E-state index contributed by atoms with van der Waals surface area (Å²) in [4.78, 5) is 13.0. The first-order valence-electron chi connectivity index (χ1n) is 9.64. The Morgan fingerprint density at radius 2 is 2.04 bits per heavy atom. The summed E-state index contributed by atoms with van der Waals surface area (Å²) in [6, 6.07) is -0.347. The van der Waals surface area contributed by atoms with Crippen LogP contribution in [0.5, 0.6) is 0 Å². The minimum absolute atomic E-state index is 0.00256. The molecule has 4 fully saturated rings. The molecular formula is C18H29NO6S. The number of carbonyl (C=O) groups excluding carboxylic acids is 1. The molecule has 0 aromatic carbocycles. The lowest BCUT2D eigenvalue weighted by atomic mass is 9.69. The van der Waals surface area contributed by atoms with Crippen molar-refractivity contribution in [3.05, 3.63) is 0 Å². The van der Waals surface area contributed by atoms with E-state index in [0.717, 1.165) is 23.6 Å². The summed E-state index contributed by atoms with van der Waals surface area (Å²) in [5, 5.41) is 19.9. The molecule has 6 atom stereocenters. The van der Waals surface area contributed by atoms with Crippen LogP contribution in [0.15, 0.2) is 0 Å². The summed E-state index contributed by atoms with van der Waals surface area (Å²) in [5.74, 6) is -0.337. The third-order valence-electron chi connectivity index (χ3n) is 7.82. The van der Waals surface area contributed by atoms with Gasteiger partial charge in [0.25, 0.3) is 5.91 Å². The number of aliphatic hydroxyl groups is 2. The second kappa shape index (κ2) is 5.90. The number of nitrogens with zero attached hydrogens (tertiary/aromatic N) is 1. The van der Waals surface area contributed by atoms with Crippen molar-refractivity contribution in [2.75, 3.05) is 12.4 Å². The Morgan fingerprint density at radius 3 is 2.69 bits per heavy atom. The van der Waals surface area contributed by atoms with E-state index in [9.17, 15) is 23.4 Å². The minimum Gasteiger partial charge on any atom is -0.394 e. The van der Waals surface area contributed by atoms with Gasteiger partial charge in [-0.25, -0.2) is 12.7 Å². The third-order valence-corrected chi connectivity index (χ3v) is 9.73. The fraction of sp³-hybridized carbons (Fsp3) is 0.944. The lowest BCUT2D eigenvalue weighted by Crippen LogP contribution is -2.52. The topological polar surface area (TPSA) is 104 Å². The van der Waals surface area contributed by atoms with E-state index in [1.807, 2.05) is 0 Å². The lowest BCUT2D eigenvalue weighted by molar-refractivity contribution is -0.158.